The summed E-state index contributed by atoms with van der Waals surface area (Å²) < 4.78 is 24.1. The van der Waals surface area contributed by atoms with Gasteiger partial charge in [0.1, 0.15) is 11.6 Å². The third kappa shape index (κ3) is 5.70. The summed E-state index contributed by atoms with van der Waals surface area (Å²) in [7, 11) is 1.60. The first kappa shape index (κ1) is 20.6. The number of hydrogen-bond donors (Lipinski definition) is 0. The molecule has 0 unspecified atom stereocenters. The Labute approximate surface area is 169 Å². The number of carbonyl (C=O) groups is 2. The average Bonchev–Trinajstić information content (AvgIpc) is 2.77. The molecule has 0 radical (unpaired) electrons. The molecule has 6 nitrogen and oxygen atoms in total. The Hall–Kier alpha value is -3.09. The van der Waals surface area contributed by atoms with Crippen LogP contribution in [0, 0.1) is 5.82 Å². The van der Waals surface area contributed by atoms with E-state index in [1.807, 2.05) is 29.2 Å². The van der Waals surface area contributed by atoms with Crippen molar-refractivity contribution in [1.82, 2.24) is 4.90 Å². The van der Waals surface area contributed by atoms with Gasteiger partial charge < -0.3 is 19.3 Å². The predicted octanol–water partition coefficient (Wildman–Crippen LogP) is 2.66. The highest BCUT2D eigenvalue weighted by atomic mass is 19.1. The summed E-state index contributed by atoms with van der Waals surface area (Å²) in [5, 5.41) is 0. The number of esters is 1. The van der Waals surface area contributed by atoms with Gasteiger partial charge >= 0.3 is 5.97 Å². The highest BCUT2D eigenvalue weighted by Gasteiger charge is 2.23. The van der Waals surface area contributed by atoms with E-state index in [1.54, 1.807) is 30.2 Å². The van der Waals surface area contributed by atoms with E-state index in [0.717, 1.165) is 11.3 Å². The molecule has 0 aliphatic carbocycles. The Morgan fingerprint density at radius 1 is 1.00 bits per heavy atom. The van der Waals surface area contributed by atoms with Crippen molar-refractivity contribution in [2.75, 3.05) is 44.8 Å². The van der Waals surface area contributed by atoms with Crippen molar-refractivity contribution in [2.24, 2.45) is 0 Å². The third-order valence-electron chi connectivity index (χ3n) is 4.96. The second-order valence-electron chi connectivity index (χ2n) is 6.83. The first-order chi connectivity index (χ1) is 14.1. The summed E-state index contributed by atoms with van der Waals surface area (Å²) in [6.45, 7) is 1.75. The minimum Gasteiger partial charge on any atom is -0.497 e. The number of nitrogens with zero attached hydrogens (tertiary/aromatic N) is 2. The van der Waals surface area contributed by atoms with Crippen LogP contribution in [0.15, 0.2) is 48.5 Å². The van der Waals surface area contributed by atoms with Crippen LogP contribution in [0.3, 0.4) is 0 Å². The van der Waals surface area contributed by atoms with E-state index in [0.29, 0.717) is 38.3 Å². The predicted molar refractivity (Wildman–Crippen MR) is 107 cm³/mol. The van der Waals surface area contributed by atoms with Crippen LogP contribution in [0.1, 0.15) is 12.0 Å². The number of halogens is 1. The molecule has 1 fully saturated rings. The molecule has 1 amide bonds. The third-order valence-corrected chi connectivity index (χ3v) is 4.96. The van der Waals surface area contributed by atoms with Gasteiger partial charge in [-0.3, -0.25) is 9.59 Å². The maximum atomic E-state index is 13.9. The lowest BCUT2D eigenvalue weighted by atomic mass is 10.1. The number of para-hydroxylation sites is 1. The van der Waals surface area contributed by atoms with Crippen LogP contribution in [-0.4, -0.2) is 56.7 Å². The van der Waals surface area contributed by atoms with E-state index >= 15 is 0 Å². The molecule has 7 heteroatoms. The average molecular weight is 400 g/mol. The van der Waals surface area contributed by atoms with Crippen LogP contribution >= 0.6 is 0 Å². The summed E-state index contributed by atoms with van der Waals surface area (Å²) in [5.41, 5.74) is 1.54. The first-order valence-corrected chi connectivity index (χ1v) is 9.62. The second kappa shape index (κ2) is 9.91. The number of rotatable bonds is 7. The Bertz CT molecular complexity index is 833. The number of benzene rings is 2. The molecule has 1 aliphatic heterocycles. The van der Waals surface area contributed by atoms with Gasteiger partial charge in [-0.1, -0.05) is 24.3 Å². The fourth-order valence-corrected chi connectivity index (χ4v) is 3.25. The van der Waals surface area contributed by atoms with E-state index in [2.05, 4.69) is 0 Å². The van der Waals surface area contributed by atoms with E-state index < -0.39 is 5.97 Å². The van der Waals surface area contributed by atoms with Crippen molar-refractivity contribution in [3.63, 3.8) is 0 Å². The quantitative estimate of drug-likeness (QED) is 0.669. The lowest BCUT2D eigenvalue weighted by molar-refractivity contribution is -0.152. The van der Waals surface area contributed by atoms with Gasteiger partial charge in [0, 0.05) is 32.6 Å². The summed E-state index contributed by atoms with van der Waals surface area (Å²) in [6.07, 6.45) is 0.749. The molecule has 154 valence electrons. The minimum atomic E-state index is -0.404. The second-order valence-corrected chi connectivity index (χ2v) is 6.83. The van der Waals surface area contributed by atoms with Crippen molar-refractivity contribution in [1.29, 1.82) is 0 Å². The number of amides is 1. The highest BCUT2D eigenvalue weighted by molar-refractivity contribution is 5.81. The van der Waals surface area contributed by atoms with Crippen molar-refractivity contribution in [3.8, 4) is 5.75 Å². The number of aryl methyl sites for hydroxylation is 1. The molecule has 1 heterocycles. The van der Waals surface area contributed by atoms with E-state index in [9.17, 15) is 14.0 Å². The lowest BCUT2D eigenvalue weighted by Crippen LogP contribution is -2.50. The zero-order valence-corrected chi connectivity index (χ0v) is 16.5. The zero-order valence-electron chi connectivity index (χ0n) is 16.5. The van der Waals surface area contributed by atoms with Gasteiger partial charge in [-0.05, 0) is 36.2 Å². The SMILES string of the molecule is COc1ccc(CCC(=O)OCC(=O)N2CCN(c3ccccc3F)CC2)cc1. The van der Waals surface area contributed by atoms with Crippen LogP contribution in [0.2, 0.25) is 0 Å². The molecule has 2 aromatic rings. The summed E-state index contributed by atoms with van der Waals surface area (Å²) in [4.78, 5) is 27.8. The molecule has 0 aromatic heterocycles. The topological polar surface area (TPSA) is 59.1 Å². The molecule has 2 aromatic carbocycles. The Morgan fingerprint density at radius 3 is 2.34 bits per heavy atom. The van der Waals surface area contributed by atoms with E-state index in [1.165, 1.54) is 6.07 Å². The van der Waals surface area contributed by atoms with E-state index in [4.69, 9.17) is 9.47 Å². The fourth-order valence-electron chi connectivity index (χ4n) is 3.25. The van der Waals surface area contributed by atoms with Crippen molar-refractivity contribution in [3.05, 3.63) is 59.9 Å². The van der Waals surface area contributed by atoms with Gasteiger partial charge in [-0.15, -0.1) is 0 Å². The smallest absolute Gasteiger partial charge is 0.306 e. The van der Waals surface area contributed by atoms with Crippen LogP contribution < -0.4 is 9.64 Å². The Balaban J connectivity index is 1.38. The first-order valence-electron chi connectivity index (χ1n) is 9.62. The number of hydrogen-bond acceptors (Lipinski definition) is 5. The molecule has 0 saturated carbocycles. The van der Waals surface area contributed by atoms with Crippen LogP contribution in [0.5, 0.6) is 5.75 Å². The van der Waals surface area contributed by atoms with Crippen LogP contribution in [0.4, 0.5) is 10.1 Å². The largest absolute Gasteiger partial charge is 0.497 e. The highest BCUT2D eigenvalue weighted by Crippen LogP contribution is 2.20. The molecular formula is C22H25FN2O4. The number of ether oxygens (including phenoxy) is 2. The molecule has 29 heavy (non-hydrogen) atoms. The molecule has 0 bridgehead atoms. The number of piperazine rings is 1. The van der Waals surface area contributed by atoms with Gasteiger partial charge in [-0.25, -0.2) is 4.39 Å². The molecule has 0 spiro atoms. The van der Waals surface area contributed by atoms with Gasteiger partial charge in [0.25, 0.3) is 5.91 Å². The molecule has 1 aliphatic rings. The van der Waals surface area contributed by atoms with E-state index in [-0.39, 0.29) is 24.8 Å². The normalized spacial score (nSPS) is 13.9. The summed E-state index contributed by atoms with van der Waals surface area (Å²) in [6, 6.07) is 14.1. The van der Waals surface area contributed by atoms with Gasteiger partial charge in [0.2, 0.25) is 0 Å². The van der Waals surface area contributed by atoms with Crippen LogP contribution in [-0.2, 0) is 20.7 Å². The fraction of sp³-hybridized carbons (Fsp3) is 0.364. The summed E-state index contributed by atoms with van der Waals surface area (Å²) >= 11 is 0. The van der Waals surface area contributed by atoms with Crippen molar-refractivity contribution >= 4 is 17.6 Å². The molecule has 0 atom stereocenters. The van der Waals surface area contributed by atoms with Gasteiger partial charge in [0.15, 0.2) is 6.61 Å². The summed E-state index contributed by atoms with van der Waals surface area (Å²) in [5.74, 6) is -0.134. The monoisotopic (exact) mass is 400 g/mol. The standard InChI is InChI=1S/C22H25FN2O4/c1-28-18-9-6-17(7-10-18)8-11-22(27)29-16-21(26)25-14-12-24(13-15-25)20-5-3-2-4-19(20)23/h2-7,9-10H,8,11-16H2,1H3. The molecule has 0 N–H and O–H groups in total. The molecule has 3 rings (SSSR count). The number of anilines is 1. The lowest BCUT2D eigenvalue weighted by Gasteiger charge is -2.36. The Kier molecular flexibility index (Phi) is 7.05. The minimum absolute atomic E-state index is 0.209. The zero-order chi connectivity index (χ0) is 20.6. The number of carbonyl (C=O) groups excluding carboxylic acids is 2. The number of methoxy groups -OCH3 is 1. The van der Waals surface area contributed by atoms with Crippen molar-refractivity contribution < 1.29 is 23.5 Å². The van der Waals surface area contributed by atoms with Gasteiger partial charge in [0.05, 0.1) is 12.8 Å². The van der Waals surface area contributed by atoms with Gasteiger partial charge in [-0.2, -0.15) is 0 Å². The van der Waals surface area contributed by atoms with Crippen LogP contribution in [0.25, 0.3) is 0 Å². The van der Waals surface area contributed by atoms with Crippen molar-refractivity contribution in [2.45, 2.75) is 12.8 Å². The molecular weight excluding hydrogens is 375 g/mol. The Morgan fingerprint density at radius 2 is 1.69 bits per heavy atom. The maximum Gasteiger partial charge on any atom is 0.306 e. The maximum absolute atomic E-state index is 13.9. The molecule has 1 saturated heterocycles.